The second-order valence-corrected chi connectivity index (χ2v) is 3.03. The van der Waals surface area contributed by atoms with E-state index in [0.29, 0.717) is 11.3 Å². The maximum absolute atomic E-state index is 13.1. The summed E-state index contributed by atoms with van der Waals surface area (Å²) in [6, 6.07) is 4.59. The van der Waals surface area contributed by atoms with Gasteiger partial charge in [0.05, 0.1) is 5.69 Å². The fourth-order valence-corrected chi connectivity index (χ4v) is 1.22. The van der Waals surface area contributed by atoms with Crippen LogP contribution in [0.2, 0.25) is 0 Å². The summed E-state index contributed by atoms with van der Waals surface area (Å²) >= 11 is 0. The normalized spacial score (nSPS) is 13.5. The molecule has 1 atom stereocenters. The molecule has 0 aliphatic heterocycles. The summed E-state index contributed by atoms with van der Waals surface area (Å²) in [6.07, 6.45) is 1.62. The van der Waals surface area contributed by atoms with E-state index in [0.717, 1.165) is 0 Å². The number of pyridine rings is 1. The number of nitrogens with zero attached hydrogens (tertiary/aromatic N) is 2. The van der Waals surface area contributed by atoms with Gasteiger partial charge in [-0.15, -0.1) is 0 Å². The van der Waals surface area contributed by atoms with Crippen LogP contribution in [0.4, 0.5) is 4.39 Å². The van der Waals surface area contributed by atoms with E-state index in [1.165, 1.54) is 10.5 Å². The molecule has 68 valence electrons. The minimum Gasteiger partial charge on any atom is -0.323 e. The number of aromatic nitrogens is 2. The zero-order valence-corrected chi connectivity index (χ0v) is 7.24. The molecule has 4 heteroatoms. The Kier molecular flexibility index (Phi) is 1.77. The Labute approximate surface area is 75.0 Å². The summed E-state index contributed by atoms with van der Waals surface area (Å²) in [4.78, 5) is 4.17. The first-order valence-electron chi connectivity index (χ1n) is 4.07. The summed E-state index contributed by atoms with van der Waals surface area (Å²) in [5.74, 6) is -0.322. The maximum atomic E-state index is 13.1. The zero-order valence-electron chi connectivity index (χ0n) is 7.24. The van der Waals surface area contributed by atoms with Crippen molar-refractivity contribution in [1.29, 1.82) is 0 Å². The molecule has 13 heavy (non-hydrogen) atoms. The molecule has 2 heterocycles. The van der Waals surface area contributed by atoms with Crippen LogP contribution in [0.15, 0.2) is 24.4 Å². The van der Waals surface area contributed by atoms with Gasteiger partial charge in [0.2, 0.25) is 0 Å². The highest BCUT2D eigenvalue weighted by atomic mass is 19.1. The van der Waals surface area contributed by atoms with Crippen molar-refractivity contribution in [3.05, 3.63) is 36.0 Å². The second-order valence-electron chi connectivity index (χ2n) is 3.03. The van der Waals surface area contributed by atoms with Crippen molar-refractivity contribution >= 4 is 5.65 Å². The molecule has 0 fully saturated rings. The van der Waals surface area contributed by atoms with Gasteiger partial charge in [0.15, 0.2) is 5.95 Å². The molecule has 0 saturated heterocycles. The summed E-state index contributed by atoms with van der Waals surface area (Å²) in [6.45, 7) is 1.82. The van der Waals surface area contributed by atoms with E-state index >= 15 is 0 Å². The summed E-state index contributed by atoms with van der Waals surface area (Å²) in [7, 11) is 0. The van der Waals surface area contributed by atoms with Crippen molar-refractivity contribution in [2.45, 2.75) is 13.0 Å². The number of hydrogen-bond acceptors (Lipinski definition) is 2. The van der Waals surface area contributed by atoms with E-state index in [1.54, 1.807) is 18.3 Å². The van der Waals surface area contributed by atoms with E-state index in [1.807, 2.05) is 6.92 Å². The fraction of sp³-hybridized carbons (Fsp3) is 0.222. The minimum absolute atomic E-state index is 0.167. The summed E-state index contributed by atoms with van der Waals surface area (Å²) in [5, 5.41) is 0. The monoisotopic (exact) mass is 179 g/mol. The predicted octanol–water partition coefficient (Wildman–Crippen LogP) is 1.49. The molecule has 2 aromatic heterocycles. The van der Waals surface area contributed by atoms with Gasteiger partial charge >= 0.3 is 0 Å². The molecule has 2 rings (SSSR count). The minimum atomic E-state index is -0.322. The van der Waals surface area contributed by atoms with Crippen molar-refractivity contribution in [2.24, 2.45) is 5.73 Å². The van der Waals surface area contributed by atoms with Crippen LogP contribution in [0.3, 0.4) is 0 Å². The van der Waals surface area contributed by atoms with E-state index < -0.39 is 0 Å². The van der Waals surface area contributed by atoms with Crippen LogP contribution in [0, 0.1) is 5.95 Å². The first-order valence-corrected chi connectivity index (χ1v) is 4.07. The van der Waals surface area contributed by atoms with Crippen LogP contribution < -0.4 is 5.73 Å². The van der Waals surface area contributed by atoms with Crippen LogP contribution in [0.25, 0.3) is 5.65 Å². The van der Waals surface area contributed by atoms with Gasteiger partial charge in [-0.2, -0.15) is 4.39 Å². The lowest BCUT2D eigenvalue weighted by atomic mass is 10.3. The Morgan fingerprint density at radius 2 is 2.31 bits per heavy atom. The van der Waals surface area contributed by atoms with E-state index in [9.17, 15) is 4.39 Å². The van der Waals surface area contributed by atoms with Crippen molar-refractivity contribution in [2.75, 3.05) is 0 Å². The van der Waals surface area contributed by atoms with Crippen LogP contribution in [0.5, 0.6) is 0 Å². The lowest BCUT2D eigenvalue weighted by Gasteiger charge is -1.95. The summed E-state index contributed by atoms with van der Waals surface area (Å²) < 4.78 is 14.5. The highest BCUT2D eigenvalue weighted by Gasteiger charge is 2.07. The first-order chi connectivity index (χ1) is 6.18. The predicted molar refractivity (Wildman–Crippen MR) is 47.8 cm³/mol. The third kappa shape index (κ3) is 1.29. The Balaban J connectivity index is 2.68. The van der Waals surface area contributed by atoms with Gasteiger partial charge in [-0.1, -0.05) is 6.07 Å². The molecule has 0 radical (unpaired) electrons. The molecule has 3 nitrogen and oxygen atoms in total. The molecule has 0 spiro atoms. The average Bonchev–Trinajstić information content (AvgIpc) is 2.49. The molecule has 0 aromatic carbocycles. The van der Waals surface area contributed by atoms with Crippen LogP contribution in [-0.4, -0.2) is 9.38 Å². The van der Waals surface area contributed by atoms with Crippen LogP contribution in [0.1, 0.15) is 18.7 Å². The van der Waals surface area contributed by atoms with Gasteiger partial charge < -0.3 is 5.73 Å². The quantitative estimate of drug-likeness (QED) is 0.674. The maximum Gasteiger partial charge on any atom is 0.199 e. The number of imidazole rings is 1. The number of hydrogen-bond donors (Lipinski definition) is 1. The molecular formula is C9H10FN3. The van der Waals surface area contributed by atoms with Crippen molar-refractivity contribution in [1.82, 2.24) is 9.38 Å². The fourth-order valence-electron chi connectivity index (χ4n) is 1.22. The molecule has 0 bridgehead atoms. The van der Waals surface area contributed by atoms with Crippen LogP contribution in [-0.2, 0) is 0 Å². The van der Waals surface area contributed by atoms with E-state index in [4.69, 9.17) is 5.73 Å². The van der Waals surface area contributed by atoms with Crippen molar-refractivity contribution in [3.8, 4) is 0 Å². The number of rotatable bonds is 1. The zero-order chi connectivity index (χ0) is 9.42. The third-order valence-corrected chi connectivity index (χ3v) is 1.93. The highest BCUT2D eigenvalue weighted by Crippen LogP contribution is 2.12. The summed E-state index contributed by atoms with van der Waals surface area (Å²) in [5.41, 5.74) is 6.92. The Bertz CT molecular complexity index is 433. The lowest BCUT2D eigenvalue weighted by Crippen LogP contribution is -2.04. The SMILES string of the molecule is C[C@@H](N)c1cn2c(F)cccc2n1. The van der Waals surface area contributed by atoms with Gasteiger partial charge in [0, 0.05) is 12.2 Å². The van der Waals surface area contributed by atoms with E-state index in [-0.39, 0.29) is 12.0 Å². The topological polar surface area (TPSA) is 43.3 Å². The molecule has 0 aliphatic carbocycles. The average molecular weight is 179 g/mol. The van der Waals surface area contributed by atoms with Gasteiger partial charge in [0.25, 0.3) is 0 Å². The first kappa shape index (κ1) is 8.19. The largest absolute Gasteiger partial charge is 0.323 e. The number of fused-ring (bicyclic) bond motifs is 1. The number of halogens is 1. The molecule has 2 aromatic rings. The molecule has 2 N–H and O–H groups in total. The molecular weight excluding hydrogens is 169 g/mol. The molecule has 0 amide bonds. The highest BCUT2D eigenvalue weighted by molar-refractivity contribution is 5.40. The second kappa shape index (κ2) is 2.81. The molecule has 0 aliphatic rings. The number of nitrogens with two attached hydrogens (primary N) is 1. The molecule has 0 unspecified atom stereocenters. The van der Waals surface area contributed by atoms with Crippen molar-refractivity contribution < 1.29 is 4.39 Å². The smallest absolute Gasteiger partial charge is 0.199 e. The van der Waals surface area contributed by atoms with Crippen LogP contribution >= 0.6 is 0 Å². The van der Waals surface area contributed by atoms with Gasteiger partial charge in [-0.3, -0.25) is 4.40 Å². The Morgan fingerprint density at radius 3 is 2.92 bits per heavy atom. The Morgan fingerprint density at radius 1 is 1.54 bits per heavy atom. The van der Waals surface area contributed by atoms with Crippen molar-refractivity contribution in [3.63, 3.8) is 0 Å². The molecule has 0 saturated carbocycles. The van der Waals surface area contributed by atoms with Gasteiger partial charge in [0.1, 0.15) is 5.65 Å². The van der Waals surface area contributed by atoms with Gasteiger partial charge in [-0.25, -0.2) is 4.98 Å². The lowest BCUT2D eigenvalue weighted by molar-refractivity contribution is 0.567. The van der Waals surface area contributed by atoms with E-state index in [2.05, 4.69) is 4.98 Å². The third-order valence-electron chi connectivity index (χ3n) is 1.93. The Hall–Kier alpha value is -1.42. The standard InChI is InChI=1S/C9H10FN3/c1-6(11)7-5-13-8(10)3-2-4-9(13)12-7/h2-6H,11H2,1H3/t6-/m1/s1. The van der Waals surface area contributed by atoms with Gasteiger partial charge in [-0.05, 0) is 19.1 Å².